The van der Waals surface area contributed by atoms with Gasteiger partial charge < -0.3 is 10.2 Å². The molecule has 2 aromatic rings. The molecule has 1 aliphatic heterocycles. The molecule has 2 amide bonds. The van der Waals surface area contributed by atoms with Gasteiger partial charge in [-0.1, -0.05) is 51.1 Å². The number of nitrogens with zero attached hydrogens (tertiary/aromatic N) is 1. The van der Waals surface area contributed by atoms with Crippen molar-refractivity contribution >= 4 is 27.4 Å². The van der Waals surface area contributed by atoms with Crippen LogP contribution >= 0.6 is 11.3 Å². The number of hydrogen-bond donors (Lipinski definition) is 2. The van der Waals surface area contributed by atoms with Crippen LogP contribution in [0, 0.1) is 5.92 Å². The zero-order valence-electron chi connectivity index (χ0n) is 17.8. The minimum Gasteiger partial charge on any atom is -0.331 e. The van der Waals surface area contributed by atoms with E-state index in [9.17, 15) is 13.2 Å². The molecule has 164 valence electrons. The van der Waals surface area contributed by atoms with Crippen molar-refractivity contribution in [3.8, 4) is 0 Å². The Hall–Kier alpha value is -1.90. The average Bonchev–Trinajstić information content (AvgIpc) is 3.28. The number of thiophene rings is 1. The molecule has 1 aromatic heterocycles. The lowest BCUT2D eigenvalue weighted by Gasteiger charge is -2.34. The van der Waals surface area contributed by atoms with E-state index in [0.717, 1.165) is 12.0 Å². The summed E-state index contributed by atoms with van der Waals surface area (Å²) in [4.78, 5) is 14.6. The Balaban J connectivity index is 1.56. The molecule has 8 heteroatoms. The van der Waals surface area contributed by atoms with Gasteiger partial charge in [0.1, 0.15) is 4.21 Å². The highest BCUT2D eigenvalue weighted by Crippen LogP contribution is 2.24. The van der Waals surface area contributed by atoms with Crippen molar-refractivity contribution in [3.05, 3.63) is 52.9 Å². The second-order valence-electron chi connectivity index (χ2n) is 8.08. The van der Waals surface area contributed by atoms with Crippen molar-refractivity contribution in [1.29, 1.82) is 0 Å². The number of likely N-dealkylation sites (tertiary alicyclic amines) is 1. The maximum absolute atomic E-state index is 12.9. The fourth-order valence-corrected chi connectivity index (χ4v) is 6.03. The maximum atomic E-state index is 12.9. The number of nitrogens with one attached hydrogen (secondary N) is 2. The SMILES string of the molecule is CCc1ccc([C@H](NC(=O)N2CCC(NS(=O)(=O)c3cccs3)CC2)C(C)C)cc1. The zero-order chi connectivity index (χ0) is 21.7. The smallest absolute Gasteiger partial charge is 0.317 e. The molecule has 1 atom stereocenters. The van der Waals surface area contributed by atoms with E-state index in [-0.39, 0.29) is 24.0 Å². The second kappa shape index (κ2) is 9.94. The Labute approximate surface area is 183 Å². The lowest BCUT2D eigenvalue weighted by atomic mass is 9.95. The Morgan fingerprint density at radius 2 is 1.83 bits per heavy atom. The van der Waals surface area contributed by atoms with Crippen LogP contribution in [0.1, 0.15) is 50.8 Å². The van der Waals surface area contributed by atoms with Crippen molar-refractivity contribution in [2.24, 2.45) is 5.92 Å². The van der Waals surface area contributed by atoms with Crippen LogP contribution in [0.15, 0.2) is 46.0 Å². The second-order valence-corrected chi connectivity index (χ2v) is 11.0. The topological polar surface area (TPSA) is 78.5 Å². The summed E-state index contributed by atoms with van der Waals surface area (Å²) >= 11 is 1.21. The first-order chi connectivity index (χ1) is 14.3. The molecule has 3 rings (SSSR count). The van der Waals surface area contributed by atoms with Gasteiger partial charge in [-0.25, -0.2) is 17.9 Å². The largest absolute Gasteiger partial charge is 0.331 e. The minimum absolute atomic E-state index is 0.0570. The lowest BCUT2D eigenvalue weighted by molar-refractivity contribution is 0.173. The third-order valence-corrected chi connectivity index (χ3v) is 8.47. The molecule has 2 heterocycles. The van der Waals surface area contributed by atoms with E-state index in [1.165, 1.54) is 16.9 Å². The van der Waals surface area contributed by atoms with Gasteiger partial charge in [0.2, 0.25) is 10.0 Å². The zero-order valence-corrected chi connectivity index (χ0v) is 19.4. The van der Waals surface area contributed by atoms with Gasteiger partial charge in [0.25, 0.3) is 0 Å². The van der Waals surface area contributed by atoms with E-state index in [1.807, 2.05) is 0 Å². The number of benzene rings is 1. The number of aryl methyl sites for hydroxylation is 1. The summed E-state index contributed by atoms with van der Waals surface area (Å²) in [7, 11) is -3.48. The van der Waals surface area contributed by atoms with Crippen molar-refractivity contribution in [1.82, 2.24) is 14.9 Å². The van der Waals surface area contributed by atoms with Gasteiger partial charge in [-0.05, 0) is 47.8 Å². The van der Waals surface area contributed by atoms with Gasteiger partial charge in [-0.2, -0.15) is 0 Å². The number of amides is 2. The third-order valence-electron chi connectivity index (χ3n) is 5.56. The Morgan fingerprint density at radius 1 is 1.17 bits per heavy atom. The number of carbonyl (C=O) groups is 1. The van der Waals surface area contributed by atoms with Gasteiger partial charge in [-0.15, -0.1) is 11.3 Å². The van der Waals surface area contributed by atoms with E-state index in [2.05, 4.69) is 55.1 Å². The quantitative estimate of drug-likeness (QED) is 0.666. The molecular formula is C22H31N3O3S2. The predicted molar refractivity (Wildman–Crippen MR) is 121 cm³/mol. The highest BCUT2D eigenvalue weighted by molar-refractivity contribution is 7.91. The van der Waals surface area contributed by atoms with Crippen molar-refractivity contribution in [2.45, 2.75) is 56.3 Å². The fourth-order valence-electron chi connectivity index (χ4n) is 3.71. The van der Waals surface area contributed by atoms with Crippen LogP contribution < -0.4 is 10.0 Å². The molecule has 0 aliphatic carbocycles. The van der Waals surface area contributed by atoms with Crippen LogP contribution in [0.4, 0.5) is 4.79 Å². The summed E-state index contributed by atoms with van der Waals surface area (Å²) < 4.78 is 27.9. The van der Waals surface area contributed by atoms with Crippen molar-refractivity contribution in [2.75, 3.05) is 13.1 Å². The number of rotatable bonds is 7. The van der Waals surface area contributed by atoms with Gasteiger partial charge in [0, 0.05) is 19.1 Å². The monoisotopic (exact) mass is 449 g/mol. The first-order valence-electron chi connectivity index (χ1n) is 10.5. The van der Waals surface area contributed by atoms with Crippen molar-refractivity contribution < 1.29 is 13.2 Å². The molecule has 1 aliphatic rings. The Kier molecular flexibility index (Phi) is 7.55. The molecule has 6 nitrogen and oxygen atoms in total. The predicted octanol–water partition coefficient (Wildman–Crippen LogP) is 4.16. The normalized spacial score (nSPS) is 16.6. The highest BCUT2D eigenvalue weighted by atomic mass is 32.2. The van der Waals surface area contributed by atoms with Crippen LogP contribution in [-0.4, -0.2) is 38.5 Å². The molecule has 0 radical (unpaired) electrons. The van der Waals surface area contributed by atoms with Crippen LogP contribution in [0.25, 0.3) is 0 Å². The summed E-state index contributed by atoms with van der Waals surface area (Å²) in [6.07, 6.45) is 2.20. The number of hydrogen-bond acceptors (Lipinski definition) is 4. The maximum Gasteiger partial charge on any atom is 0.317 e. The average molecular weight is 450 g/mol. The molecular weight excluding hydrogens is 418 g/mol. The van der Waals surface area contributed by atoms with Crippen LogP contribution in [0.3, 0.4) is 0 Å². The summed E-state index contributed by atoms with van der Waals surface area (Å²) in [6.45, 7) is 7.39. The van der Waals surface area contributed by atoms with Crippen LogP contribution in [0.5, 0.6) is 0 Å². The van der Waals surface area contributed by atoms with Crippen LogP contribution in [-0.2, 0) is 16.4 Å². The Bertz CT molecular complexity index is 917. The molecule has 30 heavy (non-hydrogen) atoms. The summed E-state index contributed by atoms with van der Waals surface area (Å²) in [5.41, 5.74) is 2.38. The number of piperidine rings is 1. The van der Waals surface area contributed by atoms with E-state index >= 15 is 0 Å². The van der Waals surface area contributed by atoms with E-state index < -0.39 is 10.0 Å². The number of carbonyl (C=O) groups excluding carboxylic acids is 1. The molecule has 0 unspecified atom stereocenters. The Morgan fingerprint density at radius 3 is 2.37 bits per heavy atom. The van der Waals surface area contributed by atoms with Crippen LogP contribution in [0.2, 0.25) is 0 Å². The number of sulfonamides is 1. The minimum atomic E-state index is -3.48. The van der Waals surface area contributed by atoms with E-state index in [1.54, 1.807) is 22.4 Å². The third kappa shape index (κ3) is 5.62. The standard InChI is InChI=1S/C22H31N3O3S2/c1-4-17-7-9-18(10-8-17)21(16(2)3)23-22(26)25-13-11-19(12-14-25)24-30(27,28)20-6-5-15-29-20/h5-10,15-16,19,21,24H,4,11-14H2,1-3H3,(H,23,26)/t21-/m1/s1. The van der Waals surface area contributed by atoms with Crippen molar-refractivity contribution in [3.63, 3.8) is 0 Å². The van der Waals surface area contributed by atoms with Gasteiger partial charge in [0.05, 0.1) is 6.04 Å². The molecule has 0 spiro atoms. The van der Waals surface area contributed by atoms with Gasteiger partial charge in [-0.3, -0.25) is 0 Å². The molecule has 0 saturated carbocycles. The molecule has 1 aromatic carbocycles. The molecule has 2 N–H and O–H groups in total. The first kappa shape index (κ1) is 22.8. The van der Waals surface area contributed by atoms with Gasteiger partial charge in [0.15, 0.2) is 0 Å². The molecule has 1 fully saturated rings. The molecule has 1 saturated heterocycles. The fraction of sp³-hybridized carbons (Fsp3) is 0.500. The first-order valence-corrected chi connectivity index (χ1v) is 12.9. The molecule has 0 bridgehead atoms. The lowest BCUT2D eigenvalue weighted by Crippen LogP contribution is -2.50. The summed E-state index contributed by atoms with van der Waals surface area (Å²) in [5, 5.41) is 4.93. The number of urea groups is 1. The highest BCUT2D eigenvalue weighted by Gasteiger charge is 2.28. The summed E-state index contributed by atoms with van der Waals surface area (Å²) in [6, 6.07) is 11.5. The van der Waals surface area contributed by atoms with Gasteiger partial charge >= 0.3 is 6.03 Å². The summed E-state index contributed by atoms with van der Waals surface area (Å²) in [5.74, 6) is 0.261. The van der Waals surface area contributed by atoms with E-state index in [4.69, 9.17) is 0 Å². The van der Waals surface area contributed by atoms with E-state index in [0.29, 0.717) is 30.1 Å².